The SMILES string of the molecule is CC(C)NCCCC(NC(C)C)C(=O)OC(C)C. The van der Waals surface area contributed by atoms with Gasteiger partial charge in [0, 0.05) is 12.1 Å². The van der Waals surface area contributed by atoms with E-state index in [9.17, 15) is 4.79 Å². The molecule has 0 saturated heterocycles. The van der Waals surface area contributed by atoms with Crippen molar-refractivity contribution in [1.82, 2.24) is 10.6 Å². The summed E-state index contributed by atoms with van der Waals surface area (Å²) >= 11 is 0. The van der Waals surface area contributed by atoms with Crippen LogP contribution in [0.4, 0.5) is 0 Å². The number of nitrogens with one attached hydrogen (secondary N) is 2. The van der Waals surface area contributed by atoms with E-state index in [1.807, 2.05) is 27.7 Å². The van der Waals surface area contributed by atoms with E-state index >= 15 is 0 Å². The van der Waals surface area contributed by atoms with Gasteiger partial charge in [-0.3, -0.25) is 4.79 Å². The summed E-state index contributed by atoms with van der Waals surface area (Å²) in [7, 11) is 0. The molecule has 0 bridgehead atoms. The number of carbonyl (C=O) groups is 1. The zero-order valence-electron chi connectivity index (χ0n) is 12.7. The Hall–Kier alpha value is -0.610. The molecule has 2 N–H and O–H groups in total. The van der Waals surface area contributed by atoms with Gasteiger partial charge in [0.2, 0.25) is 0 Å². The molecule has 0 aromatic carbocycles. The highest BCUT2D eigenvalue weighted by Gasteiger charge is 2.21. The zero-order valence-corrected chi connectivity index (χ0v) is 12.7. The predicted molar refractivity (Wildman–Crippen MR) is 75.7 cm³/mol. The first-order chi connectivity index (χ1) is 8.32. The summed E-state index contributed by atoms with van der Waals surface area (Å²) < 4.78 is 5.27. The normalized spacial score (nSPS) is 13.4. The highest BCUT2D eigenvalue weighted by molar-refractivity contribution is 5.75. The third kappa shape index (κ3) is 9.42. The number of rotatable bonds is 9. The largest absolute Gasteiger partial charge is 0.462 e. The second kappa shape index (κ2) is 9.34. The van der Waals surface area contributed by atoms with Crippen molar-refractivity contribution in [2.75, 3.05) is 6.54 Å². The molecule has 0 aromatic heterocycles. The molecule has 18 heavy (non-hydrogen) atoms. The monoisotopic (exact) mass is 258 g/mol. The molecule has 0 radical (unpaired) electrons. The third-order valence-corrected chi connectivity index (χ3v) is 2.39. The average molecular weight is 258 g/mol. The van der Waals surface area contributed by atoms with Gasteiger partial charge in [0.15, 0.2) is 0 Å². The van der Waals surface area contributed by atoms with Crippen molar-refractivity contribution >= 4 is 5.97 Å². The molecular weight excluding hydrogens is 228 g/mol. The van der Waals surface area contributed by atoms with Gasteiger partial charge in [-0.05, 0) is 33.2 Å². The van der Waals surface area contributed by atoms with Crippen molar-refractivity contribution < 1.29 is 9.53 Å². The van der Waals surface area contributed by atoms with Crippen LogP contribution in [-0.4, -0.2) is 36.7 Å². The van der Waals surface area contributed by atoms with Gasteiger partial charge in [0.05, 0.1) is 6.10 Å². The van der Waals surface area contributed by atoms with Gasteiger partial charge in [-0.2, -0.15) is 0 Å². The fraction of sp³-hybridized carbons (Fsp3) is 0.929. The van der Waals surface area contributed by atoms with E-state index in [1.54, 1.807) is 0 Å². The minimum absolute atomic E-state index is 0.0530. The van der Waals surface area contributed by atoms with Crippen LogP contribution in [0.5, 0.6) is 0 Å². The first-order valence-corrected chi connectivity index (χ1v) is 7.02. The van der Waals surface area contributed by atoms with Crippen molar-refractivity contribution in [2.45, 2.75) is 78.6 Å². The molecule has 0 aliphatic carbocycles. The number of carbonyl (C=O) groups excluding carboxylic acids is 1. The van der Waals surface area contributed by atoms with E-state index in [2.05, 4.69) is 24.5 Å². The lowest BCUT2D eigenvalue weighted by atomic mass is 10.1. The van der Waals surface area contributed by atoms with Crippen molar-refractivity contribution in [3.05, 3.63) is 0 Å². The molecule has 0 rings (SSSR count). The van der Waals surface area contributed by atoms with Gasteiger partial charge >= 0.3 is 5.97 Å². The lowest BCUT2D eigenvalue weighted by molar-refractivity contribution is -0.150. The van der Waals surface area contributed by atoms with E-state index in [0.29, 0.717) is 6.04 Å². The van der Waals surface area contributed by atoms with Crippen LogP contribution in [-0.2, 0) is 9.53 Å². The van der Waals surface area contributed by atoms with Gasteiger partial charge < -0.3 is 15.4 Å². The average Bonchev–Trinajstić information content (AvgIpc) is 2.20. The van der Waals surface area contributed by atoms with E-state index in [-0.39, 0.29) is 24.2 Å². The molecule has 1 unspecified atom stereocenters. The van der Waals surface area contributed by atoms with E-state index < -0.39 is 0 Å². The highest BCUT2D eigenvalue weighted by Crippen LogP contribution is 2.03. The summed E-state index contributed by atoms with van der Waals surface area (Å²) in [5.74, 6) is -0.136. The first-order valence-electron chi connectivity index (χ1n) is 7.02. The summed E-state index contributed by atoms with van der Waals surface area (Å²) in [5, 5.41) is 6.62. The minimum atomic E-state index is -0.193. The Balaban J connectivity index is 4.10. The van der Waals surface area contributed by atoms with E-state index in [1.165, 1.54) is 0 Å². The Bertz CT molecular complexity index is 228. The molecule has 0 spiro atoms. The molecule has 4 nitrogen and oxygen atoms in total. The van der Waals surface area contributed by atoms with Crippen LogP contribution in [0.1, 0.15) is 54.4 Å². The highest BCUT2D eigenvalue weighted by atomic mass is 16.5. The summed E-state index contributed by atoms with van der Waals surface area (Å²) in [5.41, 5.74) is 0. The Morgan fingerprint density at radius 1 is 1.06 bits per heavy atom. The number of ether oxygens (including phenoxy) is 1. The minimum Gasteiger partial charge on any atom is -0.462 e. The van der Waals surface area contributed by atoms with Crippen LogP contribution in [0.3, 0.4) is 0 Å². The standard InChI is InChI=1S/C14H30N2O2/c1-10(2)15-9-7-8-13(16-11(3)4)14(17)18-12(5)6/h10-13,15-16H,7-9H2,1-6H3. The van der Waals surface area contributed by atoms with Gasteiger partial charge in [-0.15, -0.1) is 0 Å². The van der Waals surface area contributed by atoms with Crippen LogP contribution in [0.25, 0.3) is 0 Å². The van der Waals surface area contributed by atoms with E-state index in [0.717, 1.165) is 19.4 Å². The number of hydrogen-bond donors (Lipinski definition) is 2. The molecule has 108 valence electrons. The molecular formula is C14H30N2O2. The quantitative estimate of drug-likeness (QED) is 0.491. The predicted octanol–water partition coefficient (Wildman–Crippen LogP) is 2.08. The molecule has 0 amide bonds. The number of esters is 1. The second-order valence-electron chi connectivity index (χ2n) is 5.61. The number of hydrogen-bond acceptors (Lipinski definition) is 4. The lowest BCUT2D eigenvalue weighted by Crippen LogP contribution is -2.43. The first kappa shape index (κ1) is 17.4. The lowest BCUT2D eigenvalue weighted by Gasteiger charge is -2.21. The van der Waals surface area contributed by atoms with E-state index in [4.69, 9.17) is 4.74 Å². The van der Waals surface area contributed by atoms with Gasteiger partial charge in [0.25, 0.3) is 0 Å². The van der Waals surface area contributed by atoms with Crippen LogP contribution in [0.2, 0.25) is 0 Å². The molecule has 1 atom stereocenters. The van der Waals surface area contributed by atoms with Crippen molar-refractivity contribution in [3.63, 3.8) is 0 Å². The Kier molecular flexibility index (Phi) is 9.02. The van der Waals surface area contributed by atoms with Crippen LogP contribution >= 0.6 is 0 Å². The maximum atomic E-state index is 11.9. The van der Waals surface area contributed by atoms with Crippen LogP contribution < -0.4 is 10.6 Å². The Morgan fingerprint density at radius 2 is 1.67 bits per heavy atom. The van der Waals surface area contributed by atoms with Crippen LogP contribution in [0.15, 0.2) is 0 Å². The van der Waals surface area contributed by atoms with Gasteiger partial charge in [-0.25, -0.2) is 0 Å². The molecule has 0 aliphatic heterocycles. The van der Waals surface area contributed by atoms with Gasteiger partial charge in [0.1, 0.15) is 6.04 Å². The fourth-order valence-electron chi connectivity index (χ4n) is 1.68. The fourth-order valence-corrected chi connectivity index (χ4v) is 1.68. The topological polar surface area (TPSA) is 50.4 Å². The van der Waals surface area contributed by atoms with Crippen LogP contribution in [0, 0.1) is 0 Å². The molecule has 0 fully saturated rings. The summed E-state index contributed by atoms with van der Waals surface area (Å²) in [6.07, 6.45) is 1.72. The zero-order chi connectivity index (χ0) is 14.1. The van der Waals surface area contributed by atoms with Crippen molar-refractivity contribution in [2.24, 2.45) is 0 Å². The molecule has 0 saturated carbocycles. The molecule has 0 aliphatic rings. The van der Waals surface area contributed by atoms with Gasteiger partial charge in [-0.1, -0.05) is 27.7 Å². The second-order valence-corrected chi connectivity index (χ2v) is 5.61. The summed E-state index contributed by atoms with van der Waals surface area (Å²) in [6, 6.07) is 0.582. The molecule has 0 heterocycles. The van der Waals surface area contributed by atoms with Crippen molar-refractivity contribution in [3.8, 4) is 0 Å². The summed E-state index contributed by atoms with van der Waals surface area (Å²) in [4.78, 5) is 11.9. The maximum absolute atomic E-state index is 11.9. The van der Waals surface area contributed by atoms with Crippen molar-refractivity contribution in [1.29, 1.82) is 0 Å². The maximum Gasteiger partial charge on any atom is 0.323 e. The Labute approximate surface area is 112 Å². The third-order valence-electron chi connectivity index (χ3n) is 2.39. The molecule has 4 heteroatoms. The summed E-state index contributed by atoms with van der Waals surface area (Å²) in [6.45, 7) is 13.0. The Morgan fingerprint density at radius 3 is 2.11 bits per heavy atom. The molecule has 0 aromatic rings. The smallest absolute Gasteiger partial charge is 0.323 e.